The number of urea groups is 1. The molecule has 30 heavy (non-hydrogen) atoms. The molecule has 2 aromatic heterocycles. The lowest BCUT2D eigenvalue weighted by molar-refractivity contribution is 0.208. The molecule has 0 bridgehead atoms. The number of hydrogen-bond donors (Lipinski definition) is 2. The number of nitrogens with zero attached hydrogens (tertiary/aromatic N) is 5. The van der Waals surface area contributed by atoms with E-state index < -0.39 is 0 Å². The fourth-order valence-electron chi connectivity index (χ4n) is 3.36. The van der Waals surface area contributed by atoms with Crippen LogP contribution in [0.5, 0.6) is 0 Å². The van der Waals surface area contributed by atoms with E-state index in [1.165, 1.54) is 0 Å². The van der Waals surface area contributed by atoms with Gasteiger partial charge in [-0.15, -0.1) is 10.2 Å². The second-order valence-corrected chi connectivity index (χ2v) is 7.30. The predicted octanol–water partition coefficient (Wildman–Crippen LogP) is 3.59. The third kappa shape index (κ3) is 4.48. The first kappa shape index (κ1) is 19.6. The third-order valence-electron chi connectivity index (χ3n) is 5.32. The number of aryl methyl sites for hydroxylation is 1. The number of benzene rings is 1. The van der Waals surface area contributed by atoms with Crippen molar-refractivity contribution < 1.29 is 4.79 Å². The van der Waals surface area contributed by atoms with Gasteiger partial charge in [0.15, 0.2) is 11.6 Å². The van der Waals surface area contributed by atoms with E-state index in [0.29, 0.717) is 32.0 Å². The molecule has 154 valence electrons. The Kier molecular flexibility index (Phi) is 5.74. The molecule has 8 heteroatoms. The van der Waals surface area contributed by atoms with Crippen molar-refractivity contribution in [3.05, 3.63) is 66.0 Å². The van der Waals surface area contributed by atoms with Gasteiger partial charge >= 0.3 is 6.03 Å². The molecule has 1 aromatic carbocycles. The zero-order valence-electron chi connectivity index (χ0n) is 17.2. The van der Waals surface area contributed by atoms with Gasteiger partial charge in [-0.1, -0.05) is 12.1 Å². The van der Waals surface area contributed by atoms with Gasteiger partial charge in [0, 0.05) is 38.1 Å². The highest BCUT2D eigenvalue weighted by Crippen LogP contribution is 2.20. The Labute approximate surface area is 176 Å². The molecule has 0 aliphatic carbocycles. The molecule has 1 saturated heterocycles. The molecule has 2 N–H and O–H groups in total. The van der Waals surface area contributed by atoms with Gasteiger partial charge in [0.05, 0.1) is 11.9 Å². The summed E-state index contributed by atoms with van der Waals surface area (Å²) in [5.74, 6) is 1.47. The highest BCUT2D eigenvalue weighted by Gasteiger charge is 2.22. The molecule has 3 heterocycles. The summed E-state index contributed by atoms with van der Waals surface area (Å²) in [4.78, 5) is 20.7. The van der Waals surface area contributed by atoms with Crippen LogP contribution in [-0.4, -0.2) is 52.3 Å². The molecule has 4 rings (SSSR count). The number of hydrogen-bond acceptors (Lipinski definition) is 6. The zero-order chi connectivity index (χ0) is 20.9. The monoisotopic (exact) mass is 403 g/mol. The summed E-state index contributed by atoms with van der Waals surface area (Å²) in [6, 6.07) is 13.5. The summed E-state index contributed by atoms with van der Waals surface area (Å²) in [6.07, 6.45) is 3.46. The summed E-state index contributed by atoms with van der Waals surface area (Å²) >= 11 is 0. The van der Waals surface area contributed by atoms with E-state index in [9.17, 15) is 4.79 Å². The van der Waals surface area contributed by atoms with Gasteiger partial charge in [0.1, 0.15) is 0 Å². The minimum absolute atomic E-state index is 0.0644. The summed E-state index contributed by atoms with van der Waals surface area (Å²) < 4.78 is 0. The maximum absolute atomic E-state index is 12.6. The minimum Gasteiger partial charge on any atom is -0.352 e. The van der Waals surface area contributed by atoms with Crippen molar-refractivity contribution in [3.8, 4) is 0 Å². The van der Waals surface area contributed by atoms with E-state index in [0.717, 1.165) is 28.3 Å². The van der Waals surface area contributed by atoms with Crippen molar-refractivity contribution in [2.45, 2.75) is 13.8 Å². The van der Waals surface area contributed by atoms with Crippen LogP contribution < -0.4 is 15.5 Å². The zero-order valence-corrected chi connectivity index (χ0v) is 17.2. The number of carbonyl (C=O) groups is 1. The smallest absolute Gasteiger partial charge is 0.321 e. The predicted molar refractivity (Wildman–Crippen MR) is 118 cm³/mol. The van der Waals surface area contributed by atoms with Crippen LogP contribution in [0.25, 0.3) is 0 Å². The third-order valence-corrected chi connectivity index (χ3v) is 5.32. The first-order chi connectivity index (χ1) is 14.6. The first-order valence-corrected chi connectivity index (χ1v) is 9.98. The lowest BCUT2D eigenvalue weighted by atomic mass is 10.1. The number of anilines is 4. The van der Waals surface area contributed by atoms with Gasteiger partial charge in [0.2, 0.25) is 0 Å². The Bertz CT molecular complexity index is 1000. The highest BCUT2D eigenvalue weighted by atomic mass is 16.2. The van der Waals surface area contributed by atoms with Crippen molar-refractivity contribution in [2.75, 3.05) is 41.7 Å². The van der Waals surface area contributed by atoms with Gasteiger partial charge in [-0.3, -0.25) is 4.98 Å². The molecule has 0 saturated carbocycles. The Morgan fingerprint density at radius 3 is 2.50 bits per heavy atom. The normalized spacial score (nSPS) is 13.8. The number of rotatable bonds is 4. The summed E-state index contributed by atoms with van der Waals surface area (Å²) in [5.41, 5.74) is 3.99. The lowest BCUT2D eigenvalue weighted by Gasteiger charge is -2.35. The van der Waals surface area contributed by atoms with E-state index >= 15 is 0 Å². The summed E-state index contributed by atoms with van der Waals surface area (Å²) in [6.45, 7) is 6.76. The molecule has 8 nitrogen and oxygen atoms in total. The molecule has 3 aromatic rings. The number of piperazine rings is 1. The van der Waals surface area contributed by atoms with Crippen LogP contribution in [0.1, 0.15) is 11.1 Å². The molecule has 1 aliphatic rings. The number of amides is 2. The molecule has 1 aliphatic heterocycles. The highest BCUT2D eigenvalue weighted by molar-refractivity contribution is 5.90. The maximum atomic E-state index is 12.6. The molecule has 0 radical (unpaired) electrons. The van der Waals surface area contributed by atoms with Crippen LogP contribution in [0.4, 0.5) is 27.8 Å². The maximum Gasteiger partial charge on any atom is 0.321 e. The molecule has 0 spiro atoms. The standard InChI is InChI=1S/C22H25N7O/c1-16-5-3-7-19(17(16)2)25-22(30)29-13-11-28(12-14-29)21-9-8-20(26-27-21)24-18-6-4-10-23-15-18/h3-10,15H,11-14H2,1-2H3,(H,24,26)(H,25,30). The molecule has 0 atom stereocenters. The number of carbonyl (C=O) groups excluding carboxylic acids is 1. The molecule has 2 amide bonds. The first-order valence-electron chi connectivity index (χ1n) is 9.98. The van der Waals surface area contributed by atoms with E-state index in [1.54, 1.807) is 12.4 Å². The molecule has 1 fully saturated rings. The largest absolute Gasteiger partial charge is 0.352 e. The average Bonchev–Trinajstić information content (AvgIpc) is 2.78. The number of nitrogens with one attached hydrogen (secondary N) is 2. The fourth-order valence-corrected chi connectivity index (χ4v) is 3.36. The Hall–Kier alpha value is -3.68. The second kappa shape index (κ2) is 8.77. The number of aromatic nitrogens is 3. The van der Waals surface area contributed by atoms with Gasteiger partial charge in [0.25, 0.3) is 0 Å². The topological polar surface area (TPSA) is 86.3 Å². The van der Waals surface area contributed by atoms with E-state index in [1.807, 2.05) is 61.2 Å². The van der Waals surface area contributed by atoms with Crippen molar-refractivity contribution in [1.82, 2.24) is 20.1 Å². The van der Waals surface area contributed by atoms with Crippen molar-refractivity contribution in [3.63, 3.8) is 0 Å². The van der Waals surface area contributed by atoms with E-state index in [2.05, 4.69) is 30.7 Å². The molecular formula is C22H25N7O. The van der Waals surface area contributed by atoms with Crippen molar-refractivity contribution >= 4 is 29.0 Å². The van der Waals surface area contributed by atoms with Crippen LogP contribution >= 0.6 is 0 Å². The van der Waals surface area contributed by atoms with Crippen LogP contribution in [0.3, 0.4) is 0 Å². The van der Waals surface area contributed by atoms with Crippen LogP contribution in [0.15, 0.2) is 54.9 Å². The minimum atomic E-state index is -0.0644. The Morgan fingerprint density at radius 1 is 0.967 bits per heavy atom. The molecule has 0 unspecified atom stereocenters. The average molecular weight is 403 g/mol. The lowest BCUT2D eigenvalue weighted by Crippen LogP contribution is -2.50. The van der Waals surface area contributed by atoms with Gasteiger partial charge in [-0.2, -0.15) is 0 Å². The van der Waals surface area contributed by atoms with E-state index in [-0.39, 0.29) is 6.03 Å². The van der Waals surface area contributed by atoms with Gasteiger partial charge < -0.3 is 20.4 Å². The summed E-state index contributed by atoms with van der Waals surface area (Å²) in [5, 5.41) is 14.8. The summed E-state index contributed by atoms with van der Waals surface area (Å²) in [7, 11) is 0. The van der Waals surface area contributed by atoms with E-state index in [4.69, 9.17) is 0 Å². The van der Waals surface area contributed by atoms with Gasteiger partial charge in [-0.05, 0) is 55.3 Å². The van der Waals surface area contributed by atoms with Crippen LogP contribution in [-0.2, 0) is 0 Å². The van der Waals surface area contributed by atoms with Crippen molar-refractivity contribution in [1.29, 1.82) is 0 Å². The van der Waals surface area contributed by atoms with Crippen LogP contribution in [0, 0.1) is 13.8 Å². The Morgan fingerprint density at radius 2 is 1.80 bits per heavy atom. The fraction of sp³-hybridized carbons (Fsp3) is 0.273. The van der Waals surface area contributed by atoms with Crippen LogP contribution in [0.2, 0.25) is 0 Å². The number of pyridine rings is 1. The Balaban J connectivity index is 1.32. The van der Waals surface area contributed by atoms with Gasteiger partial charge in [-0.25, -0.2) is 4.79 Å². The van der Waals surface area contributed by atoms with Crippen molar-refractivity contribution in [2.24, 2.45) is 0 Å². The molecular weight excluding hydrogens is 378 g/mol. The second-order valence-electron chi connectivity index (χ2n) is 7.30. The SMILES string of the molecule is Cc1cccc(NC(=O)N2CCN(c3ccc(Nc4cccnc4)nn3)CC2)c1C. The quantitative estimate of drug-likeness (QED) is 0.692.